The van der Waals surface area contributed by atoms with Crippen LogP contribution in [0.2, 0.25) is 0 Å². The maximum atomic E-state index is 10.7. The molecule has 3 heteroatoms. The summed E-state index contributed by atoms with van der Waals surface area (Å²) in [5, 5.41) is 12.0. The van der Waals surface area contributed by atoms with Gasteiger partial charge in [-0.1, -0.05) is 0 Å². The fourth-order valence-electron chi connectivity index (χ4n) is 1.39. The zero-order chi connectivity index (χ0) is 12.2. The molecular weight excluding hydrogens is 202 g/mol. The molecule has 0 aliphatic rings. The molecule has 0 saturated carbocycles. The van der Waals surface area contributed by atoms with E-state index in [1.165, 1.54) is 0 Å². The van der Waals surface area contributed by atoms with Crippen molar-refractivity contribution >= 4 is 11.7 Å². The Labute approximate surface area is 95.5 Å². The molecule has 0 heterocycles. The van der Waals surface area contributed by atoms with Crippen LogP contribution in [0.15, 0.2) is 24.3 Å². The van der Waals surface area contributed by atoms with Crippen LogP contribution in [0.5, 0.6) is 0 Å². The van der Waals surface area contributed by atoms with Crippen molar-refractivity contribution in [3.63, 3.8) is 0 Å². The second kappa shape index (κ2) is 4.71. The van der Waals surface area contributed by atoms with Crippen LogP contribution < -0.4 is 5.32 Å². The summed E-state index contributed by atoms with van der Waals surface area (Å²) in [7, 11) is 0. The van der Waals surface area contributed by atoms with Crippen LogP contribution in [0.3, 0.4) is 0 Å². The summed E-state index contributed by atoms with van der Waals surface area (Å²) in [6.07, 6.45) is 5.87. The molecule has 1 aromatic carbocycles. The summed E-state index contributed by atoms with van der Waals surface area (Å²) in [5.41, 5.74) is 0.949. The summed E-state index contributed by atoms with van der Waals surface area (Å²) in [6, 6.07) is 6.61. The minimum Gasteiger partial charge on any atom is -0.478 e. The predicted molar refractivity (Wildman–Crippen MR) is 64.6 cm³/mol. The van der Waals surface area contributed by atoms with E-state index in [1.807, 2.05) is 13.8 Å². The van der Waals surface area contributed by atoms with Gasteiger partial charge in [0.2, 0.25) is 0 Å². The van der Waals surface area contributed by atoms with Crippen LogP contribution in [0, 0.1) is 12.3 Å². The first-order valence-electron chi connectivity index (χ1n) is 4.99. The molecular formula is C13H15NO2. The number of carboxylic acid groups (broad SMARTS) is 1. The highest BCUT2D eigenvalue weighted by atomic mass is 16.4. The number of terminal acetylenes is 1. The van der Waals surface area contributed by atoms with Gasteiger partial charge in [0, 0.05) is 17.6 Å². The first-order chi connectivity index (χ1) is 7.44. The molecule has 3 nitrogen and oxygen atoms in total. The molecule has 0 aliphatic heterocycles. The van der Waals surface area contributed by atoms with E-state index in [1.54, 1.807) is 24.3 Å². The van der Waals surface area contributed by atoms with E-state index >= 15 is 0 Å². The van der Waals surface area contributed by atoms with Gasteiger partial charge in [-0.05, 0) is 38.1 Å². The van der Waals surface area contributed by atoms with Crippen molar-refractivity contribution in [2.75, 3.05) is 5.32 Å². The molecule has 0 atom stereocenters. The Morgan fingerprint density at radius 1 is 1.44 bits per heavy atom. The molecule has 0 aromatic heterocycles. The van der Waals surface area contributed by atoms with Crippen molar-refractivity contribution in [2.45, 2.75) is 25.8 Å². The quantitative estimate of drug-likeness (QED) is 0.762. The van der Waals surface area contributed by atoms with Gasteiger partial charge in [-0.15, -0.1) is 12.3 Å². The lowest BCUT2D eigenvalue weighted by molar-refractivity contribution is 0.0697. The van der Waals surface area contributed by atoms with Gasteiger partial charge in [0.25, 0.3) is 0 Å². The lowest BCUT2D eigenvalue weighted by Gasteiger charge is -2.25. The van der Waals surface area contributed by atoms with E-state index in [0.29, 0.717) is 6.42 Å². The summed E-state index contributed by atoms with van der Waals surface area (Å²) in [5.74, 6) is 1.68. The number of aromatic carboxylic acids is 1. The number of nitrogens with one attached hydrogen (secondary N) is 1. The highest BCUT2D eigenvalue weighted by Crippen LogP contribution is 2.18. The van der Waals surface area contributed by atoms with E-state index in [-0.39, 0.29) is 11.1 Å². The normalized spacial score (nSPS) is 10.6. The Morgan fingerprint density at radius 3 is 2.44 bits per heavy atom. The lowest BCUT2D eigenvalue weighted by atomic mass is 10.0. The average Bonchev–Trinajstić information content (AvgIpc) is 2.17. The molecule has 0 aliphatic carbocycles. The molecule has 84 valence electrons. The molecule has 1 aromatic rings. The van der Waals surface area contributed by atoms with Gasteiger partial charge >= 0.3 is 5.97 Å². The van der Waals surface area contributed by atoms with Gasteiger partial charge in [0.15, 0.2) is 0 Å². The number of carbonyl (C=O) groups is 1. The second-order valence-electron chi connectivity index (χ2n) is 4.27. The van der Waals surface area contributed by atoms with Gasteiger partial charge in [-0.2, -0.15) is 0 Å². The molecule has 1 rings (SSSR count). The maximum Gasteiger partial charge on any atom is 0.335 e. The topological polar surface area (TPSA) is 49.3 Å². The van der Waals surface area contributed by atoms with Crippen molar-refractivity contribution in [3.05, 3.63) is 29.8 Å². The Morgan fingerprint density at radius 2 is 2.00 bits per heavy atom. The first kappa shape index (κ1) is 12.1. The zero-order valence-electron chi connectivity index (χ0n) is 9.45. The Bertz CT molecular complexity index is 413. The van der Waals surface area contributed by atoms with Crippen LogP contribution in [0.1, 0.15) is 30.6 Å². The van der Waals surface area contributed by atoms with Gasteiger partial charge in [-0.25, -0.2) is 4.79 Å². The first-order valence-corrected chi connectivity index (χ1v) is 4.99. The highest BCUT2D eigenvalue weighted by molar-refractivity contribution is 5.88. The fraction of sp³-hybridized carbons (Fsp3) is 0.308. The third-order valence-electron chi connectivity index (χ3n) is 2.16. The van der Waals surface area contributed by atoms with E-state index in [0.717, 1.165) is 5.69 Å². The molecule has 0 saturated heterocycles. The smallest absolute Gasteiger partial charge is 0.335 e. The highest BCUT2D eigenvalue weighted by Gasteiger charge is 2.15. The molecule has 0 amide bonds. The zero-order valence-corrected chi connectivity index (χ0v) is 9.45. The fourth-order valence-corrected chi connectivity index (χ4v) is 1.39. The van der Waals surface area contributed by atoms with Crippen molar-refractivity contribution in [1.29, 1.82) is 0 Å². The third-order valence-corrected chi connectivity index (χ3v) is 2.16. The molecule has 0 unspecified atom stereocenters. The number of anilines is 1. The number of hydrogen-bond donors (Lipinski definition) is 2. The van der Waals surface area contributed by atoms with Crippen molar-refractivity contribution in [1.82, 2.24) is 0 Å². The Kier molecular flexibility index (Phi) is 3.57. The van der Waals surface area contributed by atoms with Crippen molar-refractivity contribution < 1.29 is 9.90 Å². The molecule has 16 heavy (non-hydrogen) atoms. The number of carboxylic acids is 1. The molecule has 0 bridgehead atoms. The summed E-state index contributed by atoms with van der Waals surface area (Å²) >= 11 is 0. The summed E-state index contributed by atoms with van der Waals surface area (Å²) in [6.45, 7) is 4.00. The van der Waals surface area contributed by atoms with Crippen molar-refractivity contribution in [3.8, 4) is 12.3 Å². The van der Waals surface area contributed by atoms with Crippen molar-refractivity contribution in [2.24, 2.45) is 0 Å². The van der Waals surface area contributed by atoms with E-state index in [4.69, 9.17) is 11.5 Å². The van der Waals surface area contributed by atoms with E-state index in [9.17, 15) is 4.79 Å². The summed E-state index contributed by atoms with van der Waals surface area (Å²) in [4.78, 5) is 10.7. The predicted octanol–water partition coefficient (Wildman–Crippen LogP) is 2.60. The lowest BCUT2D eigenvalue weighted by Crippen LogP contribution is -2.30. The molecule has 0 radical (unpaired) electrons. The molecule has 2 N–H and O–H groups in total. The minimum atomic E-state index is -0.922. The average molecular weight is 217 g/mol. The number of benzene rings is 1. The second-order valence-corrected chi connectivity index (χ2v) is 4.27. The standard InChI is InChI=1S/C13H15NO2/c1-4-9-13(2,3)14-11-7-5-10(6-8-11)12(15)16/h1,5-8,14H,9H2,2-3H3,(H,15,16). The van der Waals surface area contributed by atoms with Gasteiger partial charge in [0.1, 0.15) is 0 Å². The van der Waals surface area contributed by atoms with Crippen LogP contribution >= 0.6 is 0 Å². The largest absolute Gasteiger partial charge is 0.478 e. The van der Waals surface area contributed by atoms with Crippen LogP contribution in [-0.2, 0) is 0 Å². The minimum absolute atomic E-state index is 0.195. The van der Waals surface area contributed by atoms with Crippen LogP contribution in [-0.4, -0.2) is 16.6 Å². The van der Waals surface area contributed by atoms with Gasteiger partial charge < -0.3 is 10.4 Å². The maximum absolute atomic E-state index is 10.7. The van der Waals surface area contributed by atoms with Gasteiger partial charge in [0.05, 0.1) is 5.56 Å². The van der Waals surface area contributed by atoms with Gasteiger partial charge in [-0.3, -0.25) is 0 Å². The third kappa shape index (κ3) is 3.32. The van der Waals surface area contributed by atoms with E-state index in [2.05, 4.69) is 11.2 Å². The Hall–Kier alpha value is -1.95. The van der Waals surface area contributed by atoms with Crippen LogP contribution in [0.4, 0.5) is 5.69 Å². The monoisotopic (exact) mass is 217 g/mol. The molecule has 0 spiro atoms. The number of hydrogen-bond acceptors (Lipinski definition) is 2. The Balaban J connectivity index is 2.76. The summed E-state index contributed by atoms with van der Waals surface area (Å²) < 4.78 is 0. The van der Waals surface area contributed by atoms with E-state index < -0.39 is 5.97 Å². The number of rotatable bonds is 4. The SMILES string of the molecule is C#CCC(C)(C)Nc1ccc(C(=O)O)cc1. The van der Waals surface area contributed by atoms with Crippen LogP contribution in [0.25, 0.3) is 0 Å². The molecule has 0 fully saturated rings.